The van der Waals surface area contributed by atoms with Crippen molar-refractivity contribution in [2.75, 3.05) is 17.7 Å². The van der Waals surface area contributed by atoms with E-state index < -0.39 is 22.8 Å². The maximum atomic E-state index is 13.2. The molecule has 2 amide bonds. The van der Waals surface area contributed by atoms with Gasteiger partial charge in [0.25, 0.3) is 0 Å². The highest BCUT2D eigenvalue weighted by molar-refractivity contribution is 6.31. The molecule has 0 saturated carbocycles. The van der Waals surface area contributed by atoms with E-state index in [2.05, 4.69) is 15.6 Å². The topological polar surface area (TPSA) is 68.2 Å². The van der Waals surface area contributed by atoms with Crippen molar-refractivity contribution in [1.82, 2.24) is 9.55 Å². The number of amides is 2. The highest BCUT2D eigenvalue weighted by Gasteiger charge is 2.34. The number of rotatable bonds is 5. The third-order valence-electron chi connectivity index (χ3n) is 5.01. The third kappa shape index (κ3) is 4.88. The Balaban J connectivity index is 1.58. The molecule has 0 aliphatic carbocycles. The summed E-state index contributed by atoms with van der Waals surface area (Å²) in [5, 5.41) is 5.36. The van der Waals surface area contributed by atoms with Gasteiger partial charge in [0.15, 0.2) is 0 Å². The maximum Gasteiger partial charge on any atom is 0.417 e. The Kier molecular flexibility index (Phi) is 6.15. The van der Waals surface area contributed by atoms with E-state index in [4.69, 9.17) is 16.3 Å². The number of aromatic nitrogens is 2. The van der Waals surface area contributed by atoms with Gasteiger partial charge in [-0.2, -0.15) is 13.2 Å². The molecule has 170 valence electrons. The van der Waals surface area contributed by atoms with E-state index in [0.29, 0.717) is 12.2 Å². The molecular formula is C23H18ClF3N4O2. The minimum atomic E-state index is -4.68. The largest absolute Gasteiger partial charge is 0.495 e. The highest BCUT2D eigenvalue weighted by atomic mass is 35.5. The number of hydrogen-bond acceptors (Lipinski definition) is 3. The first-order chi connectivity index (χ1) is 15.8. The number of pyridine rings is 1. The fourth-order valence-electron chi connectivity index (χ4n) is 3.47. The lowest BCUT2D eigenvalue weighted by Gasteiger charge is -2.16. The van der Waals surface area contributed by atoms with Crippen molar-refractivity contribution in [3.05, 3.63) is 83.3 Å². The number of urea groups is 1. The number of nitrogens with one attached hydrogen (secondary N) is 2. The Hall–Kier alpha value is -3.72. The van der Waals surface area contributed by atoms with Gasteiger partial charge in [0.05, 0.1) is 34.6 Å². The van der Waals surface area contributed by atoms with Crippen LogP contribution in [0.15, 0.2) is 67.1 Å². The molecule has 0 radical (unpaired) electrons. The van der Waals surface area contributed by atoms with Crippen LogP contribution in [0.4, 0.5) is 29.3 Å². The number of nitrogens with zero attached hydrogens (tertiary/aromatic N) is 2. The van der Waals surface area contributed by atoms with E-state index in [1.807, 2.05) is 35.0 Å². The summed E-state index contributed by atoms with van der Waals surface area (Å²) < 4.78 is 46.8. The van der Waals surface area contributed by atoms with Crippen LogP contribution in [-0.2, 0) is 12.7 Å². The molecule has 2 heterocycles. The van der Waals surface area contributed by atoms with Crippen molar-refractivity contribution in [1.29, 1.82) is 0 Å². The Morgan fingerprint density at radius 1 is 1.09 bits per heavy atom. The summed E-state index contributed by atoms with van der Waals surface area (Å²) in [5.74, 6) is 0.00450. The summed E-state index contributed by atoms with van der Waals surface area (Å²) in [7, 11) is 1.27. The third-order valence-corrected chi connectivity index (χ3v) is 5.32. The lowest BCUT2D eigenvalue weighted by Crippen LogP contribution is -2.20. The molecule has 6 nitrogen and oxygen atoms in total. The van der Waals surface area contributed by atoms with Gasteiger partial charge in [0.2, 0.25) is 0 Å². The number of anilines is 2. The predicted octanol–water partition coefficient (Wildman–Crippen LogP) is 6.41. The fraction of sp³-hybridized carbons (Fsp3) is 0.130. The molecule has 0 unspecified atom stereocenters. The van der Waals surface area contributed by atoms with E-state index >= 15 is 0 Å². The minimum absolute atomic E-state index is 0.00450. The second-order valence-electron chi connectivity index (χ2n) is 7.15. The number of carbonyl (C=O) groups is 1. The van der Waals surface area contributed by atoms with Crippen LogP contribution in [0, 0.1) is 0 Å². The molecule has 2 N–H and O–H groups in total. The van der Waals surface area contributed by atoms with Crippen molar-refractivity contribution < 1.29 is 22.7 Å². The minimum Gasteiger partial charge on any atom is -0.495 e. The van der Waals surface area contributed by atoms with E-state index in [-0.39, 0.29) is 11.4 Å². The molecule has 0 aliphatic rings. The lowest BCUT2D eigenvalue weighted by molar-refractivity contribution is -0.137. The van der Waals surface area contributed by atoms with Crippen molar-refractivity contribution >= 4 is 39.9 Å². The highest BCUT2D eigenvalue weighted by Crippen LogP contribution is 2.40. The molecule has 2 aromatic carbocycles. The lowest BCUT2D eigenvalue weighted by atomic mass is 10.1. The second kappa shape index (κ2) is 9.03. The molecule has 2 aromatic heterocycles. The van der Waals surface area contributed by atoms with Crippen LogP contribution in [0.5, 0.6) is 5.75 Å². The zero-order chi connectivity index (χ0) is 23.6. The first-order valence-electron chi connectivity index (χ1n) is 9.76. The van der Waals surface area contributed by atoms with Gasteiger partial charge < -0.3 is 19.9 Å². The predicted molar refractivity (Wildman–Crippen MR) is 121 cm³/mol. The normalized spacial score (nSPS) is 11.4. The number of carbonyl (C=O) groups excluding carboxylic acids is 1. The molecule has 10 heteroatoms. The van der Waals surface area contributed by atoms with Gasteiger partial charge in [0.1, 0.15) is 5.75 Å². The second-order valence-corrected chi connectivity index (χ2v) is 7.55. The molecule has 4 aromatic rings. The molecule has 0 aliphatic heterocycles. The Bertz CT molecular complexity index is 1310. The number of fused-ring (bicyclic) bond motifs is 1. The van der Waals surface area contributed by atoms with Crippen LogP contribution in [-0.4, -0.2) is 22.7 Å². The molecule has 0 fully saturated rings. The van der Waals surface area contributed by atoms with Crippen LogP contribution in [0.2, 0.25) is 5.02 Å². The van der Waals surface area contributed by atoms with E-state index in [1.165, 1.54) is 7.11 Å². The Morgan fingerprint density at radius 2 is 1.82 bits per heavy atom. The van der Waals surface area contributed by atoms with E-state index in [0.717, 1.165) is 28.6 Å². The average molecular weight is 475 g/mol. The van der Waals surface area contributed by atoms with E-state index in [9.17, 15) is 18.0 Å². The Labute approximate surface area is 192 Å². The SMILES string of the molecule is COc1cc(Cl)c(C(F)(F)F)cc1NC(=O)Nc1cccc2c1ccn2Cc1ccncc1. The number of benzene rings is 2. The summed E-state index contributed by atoms with van der Waals surface area (Å²) in [6.07, 6.45) is 0.646. The molecule has 0 spiro atoms. The van der Waals surface area contributed by atoms with Crippen molar-refractivity contribution in [2.45, 2.75) is 12.7 Å². The molecule has 0 bridgehead atoms. The zero-order valence-electron chi connectivity index (χ0n) is 17.3. The zero-order valence-corrected chi connectivity index (χ0v) is 18.0. The molecule has 0 atom stereocenters. The number of ether oxygens (including phenoxy) is 1. The first kappa shape index (κ1) is 22.5. The van der Waals surface area contributed by atoms with Crippen LogP contribution in [0.25, 0.3) is 10.9 Å². The maximum absolute atomic E-state index is 13.2. The van der Waals surface area contributed by atoms with Gasteiger partial charge in [0, 0.05) is 36.6 Å². The van der Waals surface area contributed by atoms with Crippen LogP contribution >= 0.6 is 11.6 Å². The number of hydrogen-bond donors (Lipinski definition) is 2. The number of alkyl halides is 3. The molecule has 0 saturated heterocycles. The van der Waals surface area contributed by atoms with Crippen LogP contribution in [0.1, 0.15) is 11.1 Å². The summed E-state index contributed by atoms with van der Waals surface area (Å²) in [4.78, 5) is 16.6. The van der Waals surface area contributed by atoms with Crippen LogP contribution < -0.4 is 15.4 Å². The van der Waals surface area contributed by atoms with Crippen molar-refractivity contribution in [3.8, 4) is 5.75 Å². The van der Waals surface area contributed by atoms with Gasteiger partial charge in [-0.25, -0.2) is 4.79 Å². The summed E-state index contributed by atoms with van der Waals surface area (Å²) in [6.45, 7) is 0.615. The van der Waals surface area contributed by atoms with E-state index in [1.54, 1.807) is 24.5 Å². The van der Waals surface area contributed by atoms with Crippen LogP contribution in [0.3, 0.4) is 0 Å². The molecule has 33 heavy (non-hydrogen) atoms. The monoisotopic (exact) mass is 474 g/mol. The van der Waals surface area contributed by atoms with Crippen molar-refractivity contribution in [3.63, 3.8) is 0 Å². The summed E-state index contributed by atoms with van der Waals surface area (Å²) in [6, 6.07) is 12.1. The quantitative estimate of drug-likeness (QED) is 0.351. The van der Waals surface area contributed by atoms with Gasteiger partial charge in [-0.15, -0.1) is 0 Å². The summed E-state index contributed by atoms with van der Waals surface area (Å²) >= 11 is 5.72. The van der Waals surface area contributed by atoms with Gasteiger partial charge >= 0.3 is 12.2 Å². The van der Waals surface area contributed by atoms with Gasteiger partial charge in [-0.3, -0.25) is 4.98 Å². The molecular weight excluding hydrogens is 457 g/mol. The molecule has 4 rings (SSSR count). The number of halogens is 4. The summed E-state index contributed by atoms with van der Waals surface area (Å²) in [5.41, 5.74) is 1.22. The van der Waals surface area contributed by atoms with Crippen molar-refractivity contribution in [2.24, 2.45) is 0 Å². The fourth-order valence-corrected chi connectivity index (χ4v) is 3.73. The van der Waals surface area contributed by atoms with Gasteiger partial charge in [-0.05, 0) is 42.0 Å². The smallest absolute Gasteiger partial charge is 0.417 e. The number of methoxy groups -OCH3 is 1. The average Bonchev–Trinajstić information content (AvgIpc) is 3.18. The standard InChI is InChI=1S/C23H18ClF3N4O2/c1-33-21-12-17(24)16(23(25,26)27)11-19(21)30-22(32)29-18-3-2-4-20-15(18)7-10-31(20)13-14-5-8-28-9-6-14/h2-12H,13H2,1H3,(H2,29,30,32). The Morgan fingerprint density at radius 3 is 2.52 bits per heavy atom. The van der Waals surface area contributed by atoms with Gasteiger partial charge in [-0.1, -0.05) is 17.7 Å². The first-order valence-corrected chi connectivity index (χ1v) is 10.1.